The van der Waals surface area contributed by atoms with Crippen LogP contribution in [0.3, 0.4) is 0 Å². The number of esters is 1. The number of aromatic nitrogens is 2. The van der Waals surface area contributed by atoms with Gasteiger partial charge in [-0.15, -0.1) is 0 Å². The Labute approximate surface area is 247 Å². The van der Waals surface area contributed by atoms with Gasteiger partial charge in [-0.25, -0.2) is 9.78 Å². The van der Waals surface area contributed by atoms with Crippen molar-refractivity contribution in [2.75, 3.05) is 55.0 Å². The second-order valence-corrected chi connectivity index (χ2v) is 11.0. The Hall–Kier alpha value is -4.29. The zero-order valence-electron chi connectivity index (χ0n) is 24.0. The van der Waals surface area contributed by atoms with Gasteiger partial charge in [0.05, 0.1) is 25.6 Å². The van der Waals surface area contributed by atoms with E-state index in [2.05, 4.69) is 20.2 Å². The number of pyridine rings is 1. The molecule has 230 valence electrons. The summed E-state index contributed by atoms with van der Waals surface area (Å²) in [5.41, 5.74) is -0.726. The molecule has 3 aromatic rings. The number of methoxy groups -OCH3 is 1. The van der Waals surface area contributed by atoms with E-state index in [-0.39, 0.29) is 23.5 Å². The molecule has 2 fully saturated rings. The van der Waals surface area contributed by atoms with E-state index < -0.39 is 29.5 Å². The van der Waals surface area contributed by atoms with Gasteiger partial charge in [-0.05, 0) is 61.8 Å². The molecule has 0 spiro atoms. The van der Waals surface area contributed by atoms with Gasteiger partial charge in [0.15, 0.2) is 5.69 Å². The molecule has 0 radical (unpaired) electrons. The quantitative estimate of drug-likeness (QED) is 0.327. The number of anilines is 3. The fourth-order valence-corrected chi connectivity index (χ4v) is 5.40. The van der Waals surface area contributed by atoms with Crippen molar-refractivity contribution in [3.8, 4) is 5.75 Å². The predicted octanol–water partition coefficient (Wildman–Crippen LogP) is 5.66. The van der Waals surface area contributed by atoms with Gasteiger partial charge in [-0.1, -0.05) is 19.1 Å². The maximum atomic E-state index is 13.7. The van der Waals surface area contributed by atoms with E-state index in [4.69, 9.17) is 13.9 Å². The molecule has 1 unspecified atom stereocenters. The van der Waals surface area contributed by atoms with Crippen molar-refractivity contribution >= 4 is 29.4 Å². The molecular weight excluding hydrogens is 567 g/mol. The minimum absolute atomic E-state index is 0.195. The third kappa shape index (κ3) is 7.20. The second kappa shape index (κ2) is 12.9. The smallest absolute Gasteiger partial charge is 0.437 e. The molecule has 1 N–H and O–H groups in total. The number of nitrogens with zero attached hydrogens (tertiary/aromatic N) is 4. The largest absolute Gasteiger partial charge is 0.492 e. The zero-order chi connectivity index (χ0) is 30.6. The first-order chi connectivity index (χ1) is 20.6. The molecule has 1 amide bonds. The molecule has 4 heterocycles. The van der Waals surface area contributed by atoms with Gasteiger partial charge in [-0.2, -0.15) is 18.2 Å². The van der Waals surface area contributed by atoms with Crippen molar-refractivity contribution in [3.63, 3.8) is 0 Å². The second-order valence-electron chi connectivity index (χ2n) is 11.0. The van der Waals surface area contributed by atoms with Gasteiger partial charge in [0.25, 0.3) is 11.9 Å². The lowest BCUT2D eigenvalue weighted by atomic mass is 9.98. The number of benzene rings is 1. The molecule has 5 rings (SSSR count). The van der Waals surface area contributed by atoms with Crippen LogP contribution >= 0.6 is 0 Å². The van der Waals surface area contributed by atoms with E-state index in [0.29, 0.717) is 36.8 Å². The van der Waals surface area contributed by atoms with Gasteiger partial charge < -0.3 is 29.0 Å². The number of hydrogen-bond donors (Lipinski definition) is 1. The number of hydrogen-bond acceptors (Lipinski definition) is 9. The maximum absolute atomic E-state index is 13.7. The van der Waals surface area contributed by atoms with Crippen LogP contribution in [0.1, 0.15) is 59.2 Å². The highest BCUT2D eigenvalue weighted by atomic mass is 19.4. The van der Waals surface area contributed by atoms with Crippen LogP contribution < -0.4 is 19.9 Å². The monoisotopic (exact) mass is 601 g/mol. The first kappa shape index (κ1) is 30.2. The Balaban J connectivity index is 1.17. The Morgan fingerprint density at radius 2 is 1.84 bits per heavy atom. The summed E-state index contributed by atoms with van der Waals surface area (Å²) in [6.07, 6.45) is 0.0126. The van der Waals surface area contributed by atoms with E-state index >= 15 is 0 Å². The number of alkyl halides is 3. The number of carbonyl (C=O) groups excluding carboxylic acids is 2. The molecular formula is C30H34F3N5O5. The summed E-state index contributed by atoms with van der Waals surface area (Å²) in [6.45, 7) is 4.93. The Morgan fingerprint density at radius 1 is 1.07 bits per heavy atom. The average Bonchev–Trinajstić information content (AvgIpc) is 3.48. The summed E-state index contributed by atoms with van der Waals surface area (Å²) in [6, 6.07) is 10.1. The van der Waals surface area contributed by atoms with Crippen molar-refractivity contribution in [3.05, 3.63) is 59.6 Å². The van der Waals surface area contributed by atoms with E-state index in [0.717, 1.165) is 38.8 Å². The number of ether oxygens (including phenoxy) is 2. The SMILES string of the molecule is COC(=O)c1ccccc1OCC1CCN(c2ccc(NC(=O)c3oc(N4CCCC(C)C4)nc3C(F)(F)F)cn2)CC1. The minimum Gasteiger partial charge on any atom is -0.492 e. The number of para-hydroxylation sites is 1. The zero-order valence-corrected chi connectivity index (χ0v) is 24.0. The number of halogens is 3. The molecule has 2 aliphatic rings. The lowest BCUT2D eigenvalue weighted by molar-refractivity contribution is -0.141. The Kier molecular flexibility index (Phi) is 9.07. The minimum atomic E-state index is -4.85. The summed E-state index contributed by atoms with van der Waals surface area (Å²) in [4.78, 5) is 36.6. The van der Waals surface area contributed by atoms with Crippen LogP contribution in [0.25, 0.3) is 0 Å². The molecule has 2 aromatic heterocycles. The van der Waals surface area contributed by atoms with Crippen molar-refractivity contribution < 1.29 is 36.7 Å². The first-order valence-corrected chi connectivity index (χ1v) is 14.3. The van der Waals surface area contributed by atoms with Crippen LogP contribution in [0.4, 0.5) is 30.7 Å². The predicted molar refractivity (Wildman–Crippen MR) is 153 cm³/mol. The van der Waals surface area contributed by atoms with Crippen molar-refractivity contribution in [2.45, 2.75) is 38.8 Å². The molecule has 0 aliphatic carbocycles. The molecule has 1 atom stereocenters. The van der Waals surface area contributed by atoms with Crippen molar-refractivity contribution in [1.82, 2.24) is 9.97 Å². The average molecular weight is 602 g/mol. The number of oxazole rings is 1. The number of piperidine rings is 2. The third-order valence-electron chi connectivity index (χ3n) is 7.73. The maximum Gasteiger partial charge on any atom is 0.437 e. The summed E-state index contributed by atoms with van der Waals surface area (Å²) in [5.74, 6) is -0.625. The van der Waals surface area contributed by atoms with Gasteiger partial charge >= 0.3 is 12.1 Å². The number of carbonyl (C=O) groups is 2. The van der Waals surface area contributed by atoms with Crippen LogP contribution in [0, 0.1) is 11.8 Å². The van der Waals surface area contributed by atoms with Gasteiger partial charge in [-0.3, -0.25) is 4.79 Å². The van der Waals surface area contributed by atoms with E-state index in [1.165, 1.54) is 13.3 Å². The van der Waals surface area contributed by atoms with E-state index in [1.807, 2.05) is 6.92 Å². The van der Waals surface area contributed by atoms with Gasteiger partial charge in [0.2, 0.25) is 5.76 Å². The highest BCUT2D eigenvalue weighted by Gasteiger charge is 2.42. The summed E-state index contributed by atoms with van der Waals surface area (Å²) in [7, 11) is 1.33. The number of amides is 1. The molecule has 43 heavy (non-hydrogen) atoms. The summed E-state index contributed by atoms with van der Waals surface area (Å²) in [5, 5.41) is 2.46. The van der Waals surface area contributed by atoms with Crippen LogP contribution in [-0.2, 0) is 10.9 Å². The topological polar surface area (TPSA) is 110 Å². The summed E-state index contributed by atoms with van der Waals surface area (Å²) >= 11 is 0. The molecule has 0 saturated carbocycles. The van der Waals surface area contributed by atoms with Crippen LogP contribution in [0.5, 0.6) is 5.75 Å². The van der Waals surface area contributed by atoms with E-state index in [9.17, 15) is 22.8 Å². The lowest BCUT2D eigenvalue weighted by Gasteiger charge is -2.32. The van der Waals surface area contributed by atoms with Gasteiger partial charge in [0.1, 0.15) is 17.1 Å². The highest BCUT2D eigenvalue weighted by Crippen LogP contribution is 2.35. The fourth-order valence-electron chi connectivity index (χ4n) is 5.40. The Morgan fingerprint density at radius 3 is 2.51 bits per heavy atom. The first-order valence-electron chi connectivity index (χ1n) is 14.3. The normalized spacial score (nSPS) is 17.9. The number of rotatable bonds is 8. The van der Waals surface area contributed by atoms with Gasteiger partial charge in [0, 0.05) is 26.2 Å². The molecule has 0 bridgehead atoms. The standard InChI is InChI=1S/C30H34F3N5O5/c1-19-6-5-13-38(17-19)29-36-26(30(31,32)33)25(43-29)27(39)35-21-9-10-24(34-16-21)37-14-11-20(12-15-37)18-42-23-8-4-3-7-22(23)28(40)41-2/h3-4,7-10,16,19-20H,5-6,11-15,17-18H2,1-2H3,(H,35,39). The Bertz CT molecular complexity index is 1420. The molecule has 1 aromatic carbocycles. The fraction of sp³-hybridized carbons (Fsp3) is 0.467. The summed E-state index contributed by atoms with van der Waals surface area (Å²) < 4.78 is 57.3. The lowest BCUT2D eigenvalue weighted by Crippen LogP contribution is -2.36. The van der Waals surface area contributed by atoms with Crippen molar-refractivity contribution in [1.29, 1.82) is 0 Å². The number of nitrogens with one attached hydrogen (secondary N) is 1. The van der Waals surface area contributed by atoms with Crippen molar-refractivity contribution in [2.24, 2.45) is 11.8 Å². The highest BCUT2D eigenvalue weighted by molar-refractivity contribution is 6.03. The molecule has 2 aliphatic heterocycles. The molecule has 2 saturated heterocycles. The van der Waals surface area contributed by atoms with Crippen LogP contribution in [0.15, 0.2) is 47.0 Å². The third-order valence-corrected chi connectivity index (χ3v) is 7.73. The van der Waals surface area contributed by atoms with E-state index in [1.54, 1.807) is 41.3 Å². The molecule has 10 nitrogen and oxygen atoms in total. The van der Waals surface area contributed by atoms with Crippen LogP contribution in [0.2, 0.25) is 0 Å². The van der Waals surface area contributed by atoms with Crippen LogP contribution in [-0.4, -0.2) is 61.7 Å². The molecule has 13 heteroatoms.